The van der Waals surface area contributed by atoms with Crippen LogP contribution < -0.4 is 0 Å². The number of ether oxygens (including phenoxy) is 5. The summed E-state index contributed by atoms with van der Waals surface area (Å²) in [7, 11) is 0. The van der Waals surface area contributed by atoms with Crippen LogP contribution in [-0.2, 0) is 47.7 Å². The molecule has 2 bridgehead atoms. The van der Waals surface area contributed by atoms with E-state index in [4.69, 9.17) is 28.8 Å². The highest BCUT2D eigenvalue weighted by Crippen LogP contribution is 2.67. The van der Waals surface area contributed by atoms with E-state index in [1.54, 1.807) is 29.6 Å². The Bertz CT molecular complexity index is 2160. The average molecular weight is 1340 g/mol. The summed E-state index contributed by atoms with van der Waals surface area (Å²) in [4.78, 5) is 66.4. The predicted molar refractivity (Wildman–Crippen MR) is 374 cm³/mol. The molecule has 3 saturated carbocycles. The van der Waals surface area contributed by atoms with Crippen molar-refractivity contribution in [2.24, 2.45) is 57.2 Å². The standard InChI is InChI=1S/C11H18O.C10H19NO2.C10H17NO.C9H16FNO.C9H15NO2.C9H17NO2.C7H16O.C5H11F.C5H12O2/c1-2-9(1)11(5-6-11)10-3-7-12-8-4-10;1-7(2)10(12)11-5-8(3)13-9(4)6-11;1-8(2)9(12)11-6-10(7-11)4-3-5-10;1-7(2)9(12)11-5-3-8(10)4-6-11;1-6(2)9(11)10-4-8-3-7(10)5-12-8;1-7(11)10-5-8(6-10)12-9(2,3)4;1-6(2,3)7(4,5)8;1-5(2,3)4-6;1-5(2)7-4-3-6/h9-10H,1-8H2;7-9H,5-6H2,1-4H3;8H,3-7H2,1-2H3;7-8H,3-6H2,1-2H3;6-8H,3-5H2,1-2H3;8H,5-6H2,1-4H3;8H,1-5H3;4H2,1-3H3;5-6H,3-4H2,1-2H3. The quantitative estimate of drug-likeness (QED) is 0.211. The van der Waals surface area contributed by atoms with Gasteiger partial charge in [-0.3, -0.25) is 28.4 Å². The molecule has 19 heteroatoms. The van der Waals surface area contributed by atoms with Gasteiger partial charge in [-0.05, 0) is 161 Å². The van der Waals surface area contributed by atoms with Crippen LogP contribution in [0, 0.1) is 57.2 Å². The zero-order valence-corrected chi connectivity index (χ0v) is 64.1. The number of hydrogen-bond donors (Lipinski definition) is 2. The summed E-state index contributed by atoms with van der Waals surface area (Å²) >= 11 is 0. The minimum Gasteiger partial charge on any atom is -0.394 e. The van der Waals surface area contributed by atoms with Gasteiger partial charge in [-0.15, -0.1) is 0 Å². The van der Waals surface area contributed by atoms with Gasteiger partial charge in [0.05, 0.1) is 74.3 Å². The summed E-state index contributed by atoms with van der Waals surface area (Å²) in [6.07, 6.45) is 15.5. The van der Waals surface area contributed by atoms with Crippen LogP contribution in [0.5, 0.6) is 0 Å². The van der Waals surface area contributed by atoms with Gasteiger partial charge in [0.2, 0.25) is 29.5 Å². The van der Waals surface area contributed by atoms with Gasteiger partial charge in [0.25, 0.3) is 0 Å². The molecule has 0 radical (unpaired) electrons. The van der Waals surface area contributed by atoms with Crippen LogP contribution in [0.15, 0.2) is 0 Å². The summed E-state index contributed by atoms with van der Waals surface area (Å²) in [6.45, 7) is 56.7. The molecule has 0 aromatic carbocycles. The Kier molecular flexibility index (Phi) is 36.7. The topological polar surface area (TPSA) is 188 Å². The minimum atomic E-state index is -0.693. The first kappa shape index (κ1) is 87.0. The fourth-order valence-electron chi connectivity index (χ4n) is 12.2. The molecule has 3 aliphatic carbocycles. The van der Waals surface area contributed by atoms with Crippen molar-refractivity contribution in [3.05, 3.63) is 0 Å². The summed E-state index contributed by atoms with van der Waals surface area (Å²) in [5, 5.41) is 17.5. The van der Waals surface area contributed by atoms with Gasteiger partial charge in [0.15, 0.2) is 0 Å². The highest BCUT2D eigenvalue weighted by Gasteiger charge is 2.58. The number of halogens is 2. The Labute approximate surface area is 571 Å². The molecule has 5 amide bonds. The van der Waals surface area contributed by atoms with Crippen LogP contribution in [0.3, 0.4) is 0 Å². The lowest BCUT2D eigenvalue weighted by atomic mass is 9.63. The van der Waals surface area contributed by atoms with E-state index in [1.807, 2.05) is 174 Å². The van der Waals surface area contributed by atoms with Gasteiger partial charge in [0.1, 0.15) is 6.17 Å². The maximum absolute atomic E-state index is 12.7. The third-order valence-corrected chi connectivity index (χ3v) is 19.2. The van der Waals surface area contributed by atoms with E-state index in [0.717, 1.165) is 89.3 Å². The van der Waals surface area contributed by atoms with Crippen molar-refractivity contribution in [2.45, 2.75) is 297 Å². The number of aliphatic hydroxyl groups is 2. The average Bonchev–Trinajstić information content (AvgIpc) is 1.47. The second-order valence-corrected chi connectivity index (χ2v) is 33.8. The van der Waals surface area contributed by atoms with Crippen molar-refractivity contribution in [2.75, 3.05) is 98.6 Å². The van der Waals surface area contributed by atoms with E-state index in [9.17, 15) is 37.9 Å². The van der Waals surface area contributed by atoms with Crippen LogP contribution in [0.1, 0.15) is 243 Å². The molecule has 4 atom stereocenters. The van der Waals surface area contributed by atoms with Crippen LogP contribution in [0.4, 0.5) is 8.78 Å². The number of nitrogens with zero attached hydrogens (tertiary/aromatic N) is 5. The van der Waals surface area contributed by atoms with Crippen LogP contribution in [-0.4, -0.2) is 217 Å². The molecule has 7 saturated heterocycles. The third-order valence-electron chi connectivity index (χ3n) is 19.2. The lowest BCUT2D eigenvalue weighted by Crippen LogP contribution is -2.62. The molecule has 1 spiro atoms. The first-order chi connectivity index (χ1) is 43.3. The number of rotatable bonds is 10. The molecule has 2 N–H and O–H groups in total. The molecule has 552 valence electrons. The molecule has 0 aromatic rings. The smallest absolute Gasteiger partial charge is 0.225 e. The van der Waals surface area contributed by atoms with E-state index in [2.05, 4.69) is 0 Å². The number of carbonyl (C=O) groups is 5. The molecule has 7 aliphatic heterocycles. The number of amides is 5. The molecule has 10 aliphatic rings. The molecule has 7 heterocycles. The predicted octanol–water partition coefficient (Wildman–Crippen LogP) is 13.0. The molecule has 10 rings (SSSR count). The van der Waals surface area contributed by atoms with Crippen molar-refractivity contribution < 1.29 is 66.7 Å². The third kappa shape index (κ3) is 31.8. The fraction of sp³-hybridized carbons (Fsp3) is 0.933. The number of hydrogen-bond acceptors (Lipinski definition) is 12. The van der Waals surface area contributed by atoms with Gasteiger partial charge in [0, 0.05) is 108 Å². The van der Waals surface area contributed by atoms with Crippen LogP contribution in [0.2, 0.25) is 0 Å². The Balaban J connectivity index is 0.000000364. The lowest BCUT2D eigenvalue weighted by molar-refractivity contribution is -0.155. The molecular weight excluding hydrogens is 1200 g/mol. The monoisotopic (exact) mass is 1340 g/mol. The Hall–Kier alpha value is -3.07. The Morgan fingerprint density at radius 2 is 1.06 bits per heavy atom. The van der Waals surface area contributed by atoms with E-state index in [-0.39, 0.29) is 101 Å². The first-order valence-electron chi connectivity index (χ1n) is 36.4. The van der Waals surface area contributed by atoms with Gasteiger partial charge in [-0.1, -0.05) is 103 Å². The van der Waals surface area contributed by atoms with Crippen LogP contribution >= 0.6 is 0 Å². The van der Waals surface area contributed by atoms with Crippen molar-refractivity contribution in [3.63, 3.8) is 0 Å². The largest absolute Gasteiger partial charge is 0.394 e. The normalized spacial score (nSPS) is 23.8. The van der Waals surface area contributed by atoms with Crippen molar-refractivity contribution in [1.29, 1.82) is 0 Å². The van der Waals surface area contributed by atoms with Crippen LogP contribution in [0.25, 0.3) is 0 Å². The summed E-state index contributed by atoms with van der Waals surface area (Å²) in [5.41, 5.74) is 0.655. The Morgan fingerprint density at radius 3 is 1.38 bits per heavy atom. The SMILES string of the molecule is C1CC(C2(C3CC3)CC2)CCO1.CC(=O)N1CC(OC(C)(C)C)C1.CC(C)(C)C(C)(C)O.CC(C)(C)CF.CC(C)C(=O)N1CC2(CCC2)C1.CC(C)C(=O)N1CC2CC1CO2.CC(C)C(=O)N1CCC(F)CC1.CC(C)OCCO.CC1CN(C(=O)C(C)C)CC(C)O1. The van der Waals surface area contributed by atoms with E-state index >= 15 is 0 Å². The molecule has 4 unspecified atom stereocenters. The van der Waals surface area contributed by atoms with E-state index in [1.165, 1.54) is 44.9 Å². The van der Waals surface area contributed by atoms with Crippen molar-refractivity contribution >= 4 is 29.5 Å². The number of fused-ring (bicyclic) bond motifs is 2. The van der Waals surface area contributed by atoms with Crippen molar-refractivity contribution in [1.82, 2.24) is 24.5 Å². The summed E-state index contributed by atoms with van der Waals surface area (Å²) in [5.74, 6) is 3.79. The minimum absolute atomic E-state index is 0.00694. The van der Waals surface area contributed by atoms with Gasteiger partial charge >= 0.3 is 0 Å². The number of morpholine rings is 2. The summed E-state index contributed by atoms with van der Waals surface area (Å²) < 4.78 is 51.2. The maximum atomic E-state index is 12.7. The number of alkyl halides is 2. The van der Waals surface area contributed by atoms with E-state index < -0.39 is 11.8 Å². The Morgan fingerprint density at radius 1 is 0.617 bits per heavy atom. The number of piperidine rings is 1. The first-order valence-corrected chi connectivity index (χ1v) is 36.4. The highest BCUT2D eigenvalue weighted by molar-refractivity contribution is 5.80. The van der Waals surface area contributed by atoms with Crippen molar-refractivity contribution in [3.8, 4) is 0 Å². The number of aliphatic hydroxyl groups excluding tert-OH is 1. The zero-order valence-electron chi connectivity index (χ0n) is 64.1. The summed E-state index contributed by atoms with van der Waals surface area (Å²) in [6, 6.07) is 0.380. The molecule has 17 nitrogen and oxygen atoms in total. The molecule has 94 heavy (non-hydrogen) atoms. The van der Waals surface area contributed by atoms with E-state index in [0.29, 0.717) is 56.0 Å². The highest BCUT2D eigenvalue weighted by atomic mass is 19.1. The van der Waals surface area contributed by atoms with Gasteiger partial charge in [-0.25, -0.2) is 4.39 Å². The lowest BCUT2D eigenvalue weighted by Gasteiger charge is -2.56. The molecular formula is C75H141F2N5O12. The number of likely N-dealkylation sites (tertiary alicyclic amines) is 4. The van der Waals surface area contributed by atoms with Gasteiger partial charge in [-0.2, -0.15) is 0 Å². The second kappa shape index (κ2) is 39.7. The van der Waals surface area contributed by atoms with Gasteiger partial charge < -0.3 is 58.4 Å². The molecule has 10 fully saturated rings. The zero-order chi connectivity index (χ0) is 71.9. The fourth-order valence-corrected chi connectivity index (χ4v) is 12.2. The maximum Gasteiger partial charge on any atom is 0.225 e. The molecule has 0 aromatic heterocycles. The second-order valence-electron chi connectivity index (χ2n) is 33.8. The number of carbonyl (C=O) groups excluding carboxylic acids is 5.